The summed E-state index contributed by atoms with van der Waals surface area (Å²) < 4.78 is 39.8. The van der Waals surface area contributed by atoms with Gasteiger partial charge in [-0.3, -0.25) is 19.5 Å². The molecule has 47 heavy (non-hydrogen) atoms. The van der Waals surface area contributed by atoms with Crippen molar-refractivity contribution in [1.82, 2.24) is 19.7 Å². The molecule has 0 saturated carbocycles. The molecule has 0 spiro atoms. The number of methoxy groups -OCH3 is 1. The fourth-order valence-electron chi connectivity index (χ4n) is 5.23. The molecule has 0 atom stereocenters. The Labute approximate surface area is 270 Å². The number of morpholine rings is 1. The Hall–Kier alpha value is -5.33. The normalized spacial score (nSPS) is 13.3. The van der Waals surface area contributed by atoms with Crippen LogP contribution in [0.25, 0.3) is 16.6 Å². The lowest BCUT2D eigenvalue weighted by molar-refractivity contribution is 0.0357. The maximum atomic E-state index is 15.3. The number of carbonyl (C=O) groups is 1. The molecule has 1 aliphatic heterocycles. The number of anilines is 1. The molecule has 1 amide bonds. The second-order valence-corrected chi connectivity index (χ2v) is 11.0. The van der Waals surface area contributed by atoms with Crippen molar-refractivity contribution in [1.29, 1.82) is 0 Å². The Bertz CT molecular complexity index is 1950. The third kappa shape index (κ3) is 7.40. The first-order valence-electron chi connectivity index (χ1n) is 15.2. The van der Waals surface area contributed by atoms with Crippen LogP contribution in [-0.4, -0.2) is 72.1 Å². The van der Waals surface area contributed by atoms with Gasteiger partial charge < -0.3 is 24.3 Å². The lowest BCUT2D eigenvalue weighted by Gasteiger charge is -2.26. The summed E-state index contributed by atoms with van der Waals surface area (Å²) in [4.78, 5) is 32.6. The fraction of sp³-hybridized carbons (Fsp3) is 0.257. The first-order valence-corrected chi connectivity index (χ1v) is 15.2. The van der Waals surface area contributed by atoms with Gasteiger partial charge in [0.15, 0.2) is 28.8 Å². The van der Waals surface area contributed by atoms with E-state index in [4.69, 9.17) is 18.9 Å². The standard InChI is InChI=1S/C35H34FN5O6/c1-23-22-41(25-7-4-3-5-8-25)39-33(34(23)42)35(43)38-24-9-10-30(27(36)19-24)47-29-11-12-37-28-21-32(31(44-2)20-26(28)29)46-16-6-13-40-14-17-45-18-15-40/h3-5,7-12,19-22H,6,13-18H2,1-2H3,(H,38,43). The van der Waals surface area contributed by atoms with Crippen molar-refractivity contribution < 1.29 is 28.1 Å². The van der Waals surface area contributed by atoms with Crippen molar-refractivity contribution in [3.8, 4) is 28.7 Å². The van der Waals surface area contributed by atoms with E-state index in [1.807, 2.05) is 18.2 Å². The van der Waals surface area contributed by atoms with Crippen molar-refractivity contribution in [2.24, 2.45) is 0 Å². The van der Waals surface area contributed by atoms with Crippen LogP contribution in [0, 0.1) is 12.7 Å². The molecular formula is C35H34FN5O6. The molecule has 1 fully saturated rings. The molecule has 2 aromatic heterocycles. The molecule has 6 rings (SSSR count). The van der Waals surface area contributed by atoms with Gasteiger partial charge in [0.2, 0.25) is 5.43 Å². The van der Waals surface area contributed by atoms with Gasteiger partial charge >= 0.3 is 0 Å². The van der Waals surface area contributed by atoms with Crippen molar-refractivity contribution in [3.63, 3.8) is 0 Å². The molecular weight excluding hydrogens is 605 g/mol. The van der Waals surface area contributed by atoms with E-state index in [9.17, 15) is 9.59 Å². The smallest absolute Gasteiger partial charge is 0.280 e. The quantitative estimate of drug-likeness (QED) is 0.190. The lowest BCUT2D eigenvalue weighted by atomic mass is 10.1. The number of amides is 1. The number of aromatic nitrogens is 3. The number of benzene rings is 3. The minimum atomic E-state index is -0.761. The molecule has 0 radical (unpaired) electrons. The van der Waals surface area contributed by atoms with Gasteiger partial charge in [0, 0.05) is 60.8 Å². The second-order valence-electron chi connectivity index (χ2n) is 11.0. The Kier molecular flexibility index (Phi) is 9.69. The van der Waals surface area contributed by atoms with Crippen molar-refractivity contribution >= 4 is 22.5 Å². The van der Waals surface area contributed by atoms with Crippen LogP contribution in [-0.2, 0) is 4.74 Å². The summed E-state index contributed by atoms with van der Waals surface area (Å²) in [6.07, 6.45) is 3.97. The first-order chi connectivity index (χ1) is 22.9. The molecule has 3 heterocycles. The summed E-state index contributed by atoms with van der Waals surface area (Å²) in [7, 11) is 1.55. The van der Waals surface area contributed by atoms with Crippen molar-refractivity contribution in [2.45, 2.75) is 13.3 Å². The number of nitrogens with one attached hydrogen (secondary N) is 1. The zero-order chi connectivity index (χ0) is 32.8. The molecule has 11 nitrogen and oxygen atoms in total. The number of nitrogens with zero attached hydrogens (tertiary/aromatic N) is 4. The molecule has 3 aromatic carbocycles. The number of rotatable bonds is 11. The average Bonchev–Trinajstić information content (AvgIpc) is 3.09. The van der Waals surface area contributed by atoms with E-state index in [1.54, 1.807) is 56.8 Å². The number of aryl methyl sites for hydroxylation is 1. The number of hydrogen-bond donors (Lipinski definition) is 1. The Morgan fingerprint density at radius 3 is 2.57 bits per heavy atom. The molecule has 0 unspecified atom stereocenters. The highest BCUT2D eigenvalue weighted by molar-refractivity contribution is 6.02. The third-order valence-electron chi connectivity index (χ3n) is 7.71. The van der Waals surface area contributed by atoms with E-state index in [0.29, 0.717) is 46.0 Å². The second kappa shape index (κ2) is 14.4. The Morgan fingerprint density at radius 2 is 1.81 bits per heavy atom. The van der Waals surface area contributed by atoms with Gasteiger partial charge in [-0.25, -0.2) is 9.07 Å². The minimum absolute atomic E-state index is 0.0713. The number of hydrogen-bond acceptors (Lipinski definition) is 9. The van der Waals surface area contributed by atoms with Gasteiger partial charge in [-0.05, 0) is 49.7 Å². The van der Waals surface area contributed by atoms with Gasteiger partial charge in [0.25, 0.3) is 5.91 Å². The largest absolute Gasteiger partial charge is 0.493 e. The predicted octanol–water partition coefficient (Wildman–Crippen LogP) is 5.38. The highest BCUT2D eigenvalue weighted by Crippen LogP contribution is 2.38. The molecule has 12 heteroatoms. The van der Waals surface area contributed by atoms with Gasteiger partial charge in [0.1, 0.15) is 5.75 Å². The molecule has 1 N–H and O–H groups in total. The van der Waals surface area contributed by atoms with Crippen LogP contribution in [0.3, 0.4) is 0 Å². The van der Waals surface area contributed by atoms with Gasteiger partial charge in [0.05, 0.1) is 38.1 Å². The van der Waals surface area contributed by atoms with Crippen LogP contribution < -0.4 is 25.0 Å². The predicted molar refractivity (Wildman–Crippen MR) is 175 cm³/mol. The number of ether oxygens (including phenoxy) is 4. The topological polar surface area (TPSA) is 117 Å². The highest BCUT2D eigenvalue weighted by atomic mass is 19.1. The average molecular weight is 640 g/mol. The summed E-state index contributed by atoms with van der Waals surface area (Å²) in [5.41, 5.74) is 0.909. The molecule has 0 aliphatic carbocycles. The zero-order valence-corrected chi connectivity index (χ0v) is 26.1. The van der Waals surface area contributed by atoms with E-state index < -0.39 is 17.2 Å². The van der Waals surface area contributed by atoms with E-state index in [2.05, 4.69) is 20.3 Å². The van der Waals surface area contributed by atoms with E-state index >= 15 is 4.39 Å². The van der Waals surface area contributed by atoms with E-state index in [1.165, 1.54) is 16.8 Å². The molecule has 242 valence electrons. The van der Waals surface area contributed by atoms with Crippen LogP contribution in [0.4, 0.5) is 10.1 Å². The van der Waals surface area contributed by atoms with Crippen molar-refractivity contribution in [2.75, 3.05) is 51.9 Å². The molecule has 1 aliphatic rings. The first kappa shape index (κ1) is 31.6. The maximum Gasteiger partial charge on any atom is 0.280 e. The SMILES string of the molecule is COc1cc2c(Oc3ccc(NC(=O)c4nn(-c5ccccc5)cc(C)c4=O)cc3F)ccnc2cc1OCCCN1CCOCC1. The van der Waals surface area contributed by atoms with Gasteiger partial charge in [-0.1, -0.05) is 18.2 Å². The molecule has 0 bridgehead atoms. The minimum Gasteiger partial charge on any atom is -0.493 e. The van der Waals surface area contributed by atoms with Crippen LogP contribution in [0.1, 0.15) is 22.5 Å². The molecule has 5 aromatic rings. The van der Waals surface area contributed by atoms with Gasteiger partial charge in [-0.15, -0.1) is 0 Å². The van der Waals surface area contributed by atoms with E-state index in [0.717, 1.165) is 45.3 Å². The summed E-state index contributed by atoms with van der Waals surface area (Å²) in [6.45, 7) is 6.38. The monoisotopic (exact) mass is 639 g/mol. The number of fused-ring (bicyclic) bond motifs is 1. The number of halogens is 1. The Balaban J connectivity index is 1.15. The molecule has 1 saturated heterocycles. The van der Waals surface area contributed by atoms with Crippen molar-refractivity contribution in [3.05, 3.63) is 106 Å². The Morgan fingerprint density at radius 1 is 1.00 bits per heavy atom. The van der Waals surface area contributed by atoms with E-state index in [-0.39, 0.29) is 17.1 Å². The summed E-state index contributed by atoms with van der Waals surface area (Å²) >= 11 is 0. The number of carbonyl (C=O) groups excluding carboxylic acids is 1. The maximum absolute atomic E-state index is 15.3. The lowest BCUT2D eigenvalue weighted by Crippen LogP contribution is -2.37. The number of pyridine rings is 1. The zero-order valence-electron chi connectivity index (χ0n) is 26.1. The van der Waals surface area contributed by atoms with Crippen LogP contribution in [0.15, 0.2) is 83.9 Å². The summed E-state index contributed by atoms with van der Waals surface area (Å²) in [5, 5.41) is 7.39. The highest BCUT2D eigenvalue weighted by Gasteiger charge is 2.18. The summed E-state index contributed by atoms with van der Waals surface area (Å²) in [5.74, 6) is -0.152. The van der Waals surface area contributed by atoms with Crippen LogP contribution in [0.2, 0.25) is 0 Å². The van der Waals surface area contributed by atoms with Crippen LogP contribution >= 0.6 is 0 Å². The summed E-state index contributed by atoms with van der Waals surface area (Å²) in [6, 6.07) is 18.2. The number of para-hydroxylation sites is 1. The third-order valence-corrected chi connectivity index (χ3v) is 7.71. The van der Waals surface area contributed by atoms with Crippen LogP contribution in [0.5, 0.6) is 23.0 Å². The van der Waals surface area contributed by atoms with Gasteiger partial charge in [-0.2, -0.15) is 5.10 Å². The fourth-order valence-corrected chi connectivity index (χ4v) is 5.23.